The molecule has 4 nitrogen and oxygen atoms in total. The maximum Gasteiger partial charge on any atom is 0.161 e. The number of rotatable bonds is 2. The van der Waals surface area contributed by atoms with Crippen LogP contribution >= 0.6 is 0 Å². The van der Waals surface area contributed by atoms with Crippen LogP contribution in [0.4, 0.5) is 18.9 Å². The van der Waals surface area contributed by atoms with Crippen LogP contribution in [0.25, 0.3) is 0 Å². The lowest BCUT2D eigenvalue weighted by molar-refractivity contribution is -0.151. The normalized spacial score (nSPS) is 24.2. The topological polar surface area (TPSA) is 54.3 Å². The molecule has 0 radical (unpaired) electrons. The number of nitrogens with zero attached hydrogens (tertiary/aromatic N) is 1. The van der Waals surface area contributed by atoms with Crippen LogP contribution in [0.2, 0.25) is 0 Å². The average Bonchev–Trinajstić information content (AvgIpc) is 2.65. The Morgan fingerprint density at radius 2 is 1.77 bits per heavy atom. The highest BCUT2D eigenvalue weighted by Gasteiger charge is 2.42. The summed E-state index contributed by atoms with van der Waals surface area (Å²) in [5, 5.41) is 12.0. The van der Waals surface area contributed by atoms with Gasteiger partial charge in [0.05, 0.1) is 31.7 Å². The predicted molar refractivity (Wildman–Crippen MR) is 86.9 cm³/mol. The molecule has 2 aromatic carbocycles. The summed E-state index contributed by atoms with van der Waals surface area (Å²) in [5.41, 5.74) is 2.31. The van der Waals surface area contributed by atoms with E-state index in [-0.39, 0.29) is 12.0 Å². The Labute approximate surface area is 148 Å². The van der Waals surface area contributed by atoms with Gasteiger partial charge in [-0.3, -0.25) is 0 Å². The van der Waals surface area contributed by atoms with Gasteiger partial charge in [-0.1, -0.05) is 6.07 Å². The first-order valence-corrected chi connectivity index (χ1v) is 8.22. The molecule has 0 aromatic heterocycles. The molecule has 0 amide bonds. The van der Waals surface area contributed by atoms with Gasteiger partial charge in [-0.2, -0.15) is 5.26 Å². The molecule has 4 rings (SSSR count). The van der Waals surface area contributed by atoms with E-state index < -0.39 is 35.7 Å². The van der Waals surface area contributed by atoms with Gasteiger partial charge in [0.25, 0.3) is 0 Å². The Hall–Kier alpha value is -2.56. The standard InChI is InChI=1S/C19H15F3N2O2/c20-13-9-15(22)14(21)8-11(13)17-19-18(25-5-6-26-19)12-7-10(3-4-23)1-2-16(12)24-17/h1-2,7-9,17-19,24H,3,5-6H2. The Balaban J connectivity index is 1.79. The highest BCUT2D eigenvalue weighted by atomic mass is 19.2. The fraction of sp³-hybridized carbons (Fsp3) is 0.316. The third kappa shape index (κ3) is 2.81. The molecular formula is C19H15F3N2O2. The largest absolute Gasteiger partial charge is 0.375 e. The van der Waals surface area contributed by atoms with E-state index in [1.165, 1.54) is 0 Å². The zero-order chi connectivity index (χ0) is 18.3. The smallest absolute Gasteiger partial charge is 0.161 e. The summed E-state index contributed by atoms with van der Waals surface area (Å²) >= 11 is 0. The van der Waals surface area contributed by atoms with Gasteiger partial charge in [0.2, 0.25) is 0 Å². The van der Waals surface area contributed by atoms with Crippen molar-refractivity contribution in [2.24, 2.45) is 0 Å². The van der Waals surface area contributed by atoms with Crippen molar-refractivity contribution in [2.45, 2.75) is 24.7 Å². The van der Waals surface area contributed by atoms with Crippen molar-refractivity contribution in [3.05, 3.63) is 64.5 Å². The van der Waals surface area contributed by atoms with E-state index in [4.69, 9.17) is 14.7 Å². The van der Waals surface area contributed by atoms with Gasteiger partial charge >= 0.3 is 0 Å². The zero-order valence-corrected chi connectivity index (χ0v) is 13.6. The molecule has 0 spiro atoms. The molecule has 1 saturated heterocycles. The number of ether oxygens (including phenoxy) is 2. The van der Waals surface area contributed by atoms with E-state index in [0.29, 0.717) is 25.0 Å². The monoisotopic (exact) mass is 360 g/mol. The first kappa shape index (κ1) is 16.9. The predicted octanol–water partition coefficient (Wildman–Crippen LogP) is 3.79. The molecule has 0 aliphatic carbocycles. The van der Waals surface area contributed by atoms with E-state index in [9.17, 15) is 13.2 Å². The molecule has 2 aliphatic rings. The minimum Gasteiger partial charge on any atom is -0.375 e. The van der Waals surface area contributed by atoms with Crippen LogP contribution in [-0.2, 0) is 15.9 Å². The summed E-state index contributed by atoms with van der Waals surface area (Å²) in [7, 11) is 0. The Morgan fingerprint density at radius 1 is 1.00 bits per heavy atom. The van der Waals surface area contributed by atoms with Crippen molar-refractivity contribution in [1.82, 2.24) is 0 Å². The number of nitrogens with one attached hydrogen (secondary N) is 1. The molecule has 0 bridgehead atoms. The molecule has 26 heavy (non-hydrogen) atoms. The maximum absolute atomic E-state index is 14.3. The average molecular weight is 360 g/mol. The van der Waals surface area contributed by atoms with Gasteiger partial charge in [0, 0.05) is 22.9 Å². The highest BCUT2D eigenvalue weighted by molar-refractivity contribution is 5.59. The van der Waals surface area contributed by atoms with Crippen molar-refractivity contribution >= 4 is 5.69 Å². The number of fused-ring (bicyclic) bond motifs is 3. The summed E-state index contributed by atoms with van der Waals surface area (Å²) in [6.45, 7) is 0.688. The van der Waals surface area contributed by atoms with Gasteiger partial charge in [0.15, 0.2) is 11.6 Å². The van der Waals surface area contributed by atoms with Gasteiger partial charge in [-0.05, 0) is 23.8 Å². The highest BCUT2D eigenvalue weighted by Crippen LogP contribution is 2.45. The van der Waals surface area contributed by atoms with Crippen molar-refractivity contribution in [2.75, 3.05) is 18.5 Å². The van der Waals surface area contributed by atoms with Crippen molar-refractivity contribution in [3.63, 3.8) is 0 Å². The van der Waals surface area contributed by atoms with Crippen molar-refractivity contribution < 1.29 is 22.6 Å². The summed E-state index contributed by atoms with van der Waals surface area (Å²) in [6, 6.07) is 8.18. The Morgan fingerprint density at radius 3 is 2.58 bits per heavy atom. The number of hydrogen-bond acceptors (Lipinski definition) is 4. The maximum atomic E-state index is 14.3. The third-order valence-corrected chi connectivity index (χ3v) is 4.71. The third-order valence-electron chi connectivity index (χ3n) is 4.71. The molecule has 3 atom stereocenters. The van der Waals surface area contributed by atoms with Gasteiger partial charge in [0.1, 0.15) is 18.0 Å². The number of benzene rings is 2. The second-order valence-corrected chi connectivity index (χ2v) is 6.29. The van der Waals surface area contributed by atoms with Crippen LogP contribution in [0.15, 0.2) is 30.3 Å². The number of nitriles is 1. The first-order chi connectivity index (χ1) is 12.6. The minimum absolute atomic E-state index is 0.0175. The molecule has 1 N–H and O–H groups in total. The number of hydrogen-bond donors (Lipinski definition) is 1. The quantitative estimate of drug-likeness (QED) is 0.828. The van der Waals surface area contributed by atoms with Crippen LogP contribution in [0.1, 0.15) is 28.8 Å². The van der Waals surface area contributed by atoms with E-state index in [1.54, 1.807) is 12.1 Å². The summed E-state index contributed by atoms with van der Waals surface area (Å²) in [4.78, 5) is 0. The second-order valence-electron chi connectivity index (χ2n) is 6.29. The fourth-order valence-electron chi connectivity index (χ4n) is 3.54. The van der Waals surface area contributed by atoms with Crippen molar-refractivity contribution in [1.29, 1.82) is 5.26 Å². The van der Waals surface area contributed by atoms with E-state index >= 15 is 0 Å². The summed E-state index contributed by atoms with van der Waals surface area (Å²) in [6.07, 6.45) is -0.837. The van der Waals surface area contributed by atoms with Crippen LogP contribution in [-0.4, -0.2) is 19.3 Å². The lowest BCUT2D eigenvalue weighted by Gasteiger charge is -2.43. The van der Waals surface area contributed by atoms with Crippen LogP contribution in [0, 0.1) is 28.8 Å². The molecule has 3 unspecified atom stereocenters. The molecule has 1 fully saturated rings. The molecular weight excluding hydrogens is 345 g/mol. The molecule has 7 heteroatoms. The van der Waals surface area contributed by atoms with Crippen LogP contribution in [0.5, 0.6) is 0 Å². The summed E-state index contributed by atoms with van der Waals surface area (Å²) in [5.74, 6) is -3.20. The van der Waals surface area contributed by atoms with E-state index in [2.05, 4.69) is 11.4 Å². The van der Waals surface area contributed by atoms with Crippen LogP contribution < -0.4 is 5.32 Å². The molecule has 2 aliphatic heterocycles. The Bertz CT molecular complexity index is 897. The molecule has 2 heterocycles. The van der Waals surface area contributed by atoms with Crippen LogP contribution in [0.3, 0.4) is 0 Å². The fourth-order valence-corrected chi connectivity index (χ4v) is 3.54. The minimum atomic E-state index is -1.24. The molecule has 0 saturated carbocycles. The molecule has 2 aromatic rings. The lowest BCUT2D eigenvalue weighted by atomic mass is 9.86. The lowest BCUT2D eigenvalue weighted by Crippen LogP contribution is -2.43. The molecule has 134 valence electrons. The first-order valence-electron chi connectivity index (χ1n) is 8.22. The number of anilines is 1. The number of halogens is 3. The zero-order valence-electron chi connectivity index (χ0n) is 13.6. The summed E-state index contributed by atoms with van der Waals surface area (Å²) < 4.78 is 53.0. The Kier molecular flexibility index (Phi) is 4.31. The van der Waals surface area contributed by atoms with Crippen molar-refractivity contribution in [3.8, 4) is 6.07 Å². The second kappa shape index (κ2) is 6.63. The van der Waals surface area contributed by atoms with Gasteiger partial charge < -0.3 is 14.8 Å². The van der Waals surface area contributed by atoms with Gasteiger partial charge in [-0.25, -0.2) is 13.2 Å². The van der Waals surface area contributed by atoms with Gasteiger partial charge in [-0.15, -0.1) is 0 Å². The van der Waals surface area contributed by atoms with E-state index in [1.807, 2.05) is 6.07 Å². The SMILES string of the molecule is N#CCc1ccc2c(c1)C1OCCOC1C(c1cc(F)c(F)cc1F)N2. The van der Waals surface area contributed by atoms with E-state index in [0.717, 1.165) is 17.2 Å².